The van der Waals surface area contributed by atoms with Crippen molar-refractivity contribution < 1.29 is 4.79 Å². The van der Waals surface area contributed by atoms with E-state index in [0.717, 1.165) is 38.3 Å². The summed E-state index contributed by atoms with van der Waals surface area (Å²) in [5, 5.41) is 0. The summed E-state index contributed by atoms with van der Waals surface area (Å²) in [5.41, 5.74) is 8.57. The van der Waals surface area contributed by atoms with Crippen LogP contribution in [-0.2, 0) is 10.2 Å². The van der Waals surface area contributed by atoms with E-state index in [-0.39, 0.29) is 22.3 Å². The Kier molecular flexibility index (Phi) is 3.26. The lowest BCUT2D eigenvalue weighted by Gasteiger charge is -2.47. The first-order valence-corrected chi connectivity index (χ1v) is 11.4. The number of carbonyl (C=O) groups is 1. The van der Waals surface area contributed by atoms with Crippen molar-refractivity contribution >= 4 is 5.91 Å². The largest absolute Gasteiger partial charge is 0.342 e. The van der Waals surface area contributed by atoms with E-state index in [0.29, 0.717) is 17.2 Å². The minimum atomic E-state index is -0.0905. The van der Waals surface area contributed by atoms with Crippen LogP contribution in [-0.4, -0.2) is 29.9 Å². The van der Waals surface area contributed by atoms with Gasteiger partial charge in [0.25, 0.3) is 0 Å². The van der Waals surface area contributed by atoms with E-state index < -0.39 is 0 Å². The molecule has 1 amide bonds. The third-order valence-electron chi connectivity index (χ3n) is 9.91. The highest BCUT2D eigenvalue weighted by Crippen LogP contribution is 2.83. The SMILES string of the molecule is CC1(C)CN(C(=O)C23CC4CC(c5ccccc5)(CC2C42CC2)C3)CC[C@@H]1N. The van der Waals surface area contributed by atoms with Crippen LogP contribution in [0.1, 0.15) is 64.4 Å². The Morgan fingerprint density at radius 1 is 1.11 bits per heavy atom. The molecule has 6 fully saturated rings. The van der Waals surface area contributed by atoms with E-state index in [9.17, 15) is 4.79 Å². The normalized spacial score (nSPS) is 44.2. The van der Waals surface area contributed by atoms with Crippen LogP contribution >= 0.6 is 0 Å². The Labute approximate surface area is 169 Å². The highest BCUT2D eigenvalue weighted by molar-refractivity contribution is 5.85. The van der Waals surface area contributed by atoms with Crippen LogP contribution in [0.5, 0.6) is 0 Å². The molecule has 0 aromatic heterocycles. The van der Waals surface area contributed by atoms with Gasteiger partial charge in [-0.25, -0.2) is 0 Å². The van der Waals surface area contributed by atoms with Gasteiger partial charge in [-0.15, -0.1) is 0 Å². The monoisotopic (exact) mass is 378 g/mol. The molecular weight excluding hydrogens is 344 g/mol. The molecule has 1 aromatic carbocycles. The topological polar surface area (TPSA) is 46.3 Å². The average molecular weight is 379 g/mol. The summed E-state index contributed by atoms with van der Waals surface area (Å²) in [6.45, 7) is 6.16. The molecule has 28 heavy (non-hydrogen) atoms. The predicted molar refractivity (Wildman–Crippen MR) is 111 cm³/mol. The summed E-state index contributed by atoms with van der Waals surface area (Å²) in [7, 11) is 0. The van der Waals surface area contributed by atoms with Crippen molar-refractivity contribution in [3.05, 3.63) is 35.9 Å². The molecule has 5 saturated carbocycles. The molecule has 4 unspecified atom stereocenters. The summed E-state index contributed by atoms with van der Waals surface area (Å²) < 4.78 is 0. The van der Waals surface area contributed by atoms with Crippen LogP contribution < -0.4 is 5.73 Å². The van der Waals surface area contributed by atoms with Crippen LogP contribution in [0.15, 0.2) is 30.3 Å². The fourth-order valence-corrected chi connectivity index (χ4v) is 8.39. The van der Waals surface area contributed by atoms with Crippen LogP contribution in [0.4, 0.5) is 0 Å². The standard InChI is InChI=1S/C25H34N2O/c1-22(2)16-27(11-8-20(22)26)21(28)25-13-18-12-23(15-25,17-6-4-3-5-7-17)14-19(25)24(18)9-10-24/h3-7,18-20H,8-16,26H2,1-2H3/t18?,19?,20-,23?,25?/m0/s1. The second-order valence-corrected chi connectivity index (χ2v) is 11.7. The van der Waals surface area contributed by atoms with Gasteiger partial charge in [-0.1, -0.05) is 44.2 Å². The lowest BCUT2D eigenvalue weighted by molar-refractivity contribution is -0.148. The molecule has 1 aromatic rings. The van der Waals surface area contributed by atoms with Crippen molar-refractivity contribution in [2.45, 2.75) is 70.3 Å². The molecule has 4 bridgehead atoms. The van der Waals surface area contributed by atoms with Gasteiger partial charge in [-0.3, -0.25) is 4.79 Å². The van der Waals surface area contributed by atoms with E-state index in [1.165, 1.54) is 31.2 Å². The number of rotatable bonds is 2. The first-order chi connectivity index (χ1) is 13.3. The number of benzene rings is 1. The Morgan fingerprint density at radius 3 is 2.54 bits per heavy atom. The molecule has 1 saturated heterocycles. The molecule has 150 valence electrons. The zero-order valence-corrected chi connectivity index (χ0v) is 17.4. The number of nitrogens with zero attached hydrogens (tertiary/aromatic N) is 1. The first-order valence-electron chi connectivity index (χ1n) is 11.4. The van der Waals surface area contributed by atoms with Gasteiger partial charge in [0.2, 0.25) is 5.91 Å². The minimum Gasteiger partial charge on any atom is -0.342 e. The van der Waals surface area contributed by atoms with Crippen molar-refractivity contribution in [2.75, 3.05) is 13.1 Å². The molecular formula is C25H34N2O. The number of likely N-dealkylation sites (tertiary alicyclic amines) is 1. The molecule has 1 aliphatic heterocycles. The van der Waals surface area contributed by atoms with Crippen LogP contribution in [0, 0.1) is 28.1 Å². The molecule has 2 N–H and O–H groups in total. The number of amides is 1. The molecule has 1 spiro atoms. The molecule has 0 radical (unpaired) electrons. The fourth-order valence-electron chi connectivity index (χ4n) is 8.39. The number of hydrogen-bond acceptors (Lipinski definition) is 2. The molecule has 3 heteroatoms. The summed E-state index contributed by atoms with van der Waals surface area (Å²) >= 11 is 0. The van der Waals surface area contributed by atoms with Crippen LogP contribution in [0.3, 0.4) is 0 Å². The highest BCUT2D eigenvalue weighted by Gasteiger charge is 2.79. The maximum absolute atomic E-state index is 14.1. The summed E-state index contributed by atoms with van der Waals surface area (Å²) in [4.78, 5) is 16.4. The summed E-state index contributed by atoms with van der Waals surface area (Å²) in [6, 6.07) is 11.4. The Morgan fingerprint density at radius 2 is 1.86 bits per heavy atom. The number of hydrogen-bond donors (Lipinski definition) is 1. The van der Waals surface area contributed by atoms with Crippen LogP contribution in [0.25, 0.3) is 0 Å². The van der Waals surface area contributed by atoms with Crippen molar-refractivity contribution in [3.63, 3.8) is 0 Å². The van der Waals surface area contributed by atoms with Crippen molar-refractivity contribution in [1.29, 1.82) is 0 Å². The maximum Gasteiger partial charge on any atom is 0.229 e. The molecule has 6 aliphatic rings. The van der Waals surface area contributed by atoms with E-state index in [1.807, 2.05) is 0 Å². The maximum atomic E-state index is 14.1. The molecule has 5 aliphatic carbocycles. The van der Waals surface area contributed by atoms with Gasteiger partial charge >= 0.3 is 0 Å². The van der Waals surface area contributed by atoms with Gasteiger partial charge in [0.1, 0.15) is 0 Å². The number of nitrogens with two attached hydrogens (primary N) is 1. The zero-order valence-electron chi connectivity index (χ0n) is 17.4. The minimum absolute atomic E-state index is 0.0224. The quantitative estimate of drug-likeness (QED) is 0.842. The first kappa shape index (κ1) is 17.5. The van der Waals surface area contributed by atoms with Gasteiger partial charge in [0.05, 0.1) is 5.41 Å². The third kappa shape index (κ3) is 2.02. The lowest BCUT2D eigenvalue weighted by Crippen LogP contribution is -2.57. The van der Waals surface area contributed by atoms with Gasteiger partial charge in [-0.05, 0) is 78.6 Å². The van der Waals surface area contributed by atoms with Gasteiger partial charge in [0, 0.05) is 19.1 Å². The molecule has 7 rings (SSSR count). The summed E-state index contributed by atoms with van der Waals surface area (Å²) in [6.07, 6.45) is 8.51. The Balaban J connectivity index is 1.38. The Hall–Kier alpha value is -1.35. The van der Waals surface area contributed by atoms with Crippen molar-refractivity contribution in [3.8, 4) is 0 Å². The molecule has 5 atom stereocenters. The van der Waals surface area contributed by atoms with Crippen molar-refractivity contribution in [2.24, 2.45) is 33.8 Å². The van der Waals surface area contributed by atoms with E-state index in [2.05, 4.69) is 49.1 Å². The second kappa shape index (κ2) is 5.22. The van der Waals surface area contributed by atoms with E-state index >= 15 is 0 Å². The number of piperidine rings is 1. The predicted octanol–water partition coefficient (Wildman–Crippen LogP) is 4.11. The van der Waals surface area contributed by atoms with Gasteiger partial charge < -0.3 is 10.6 Å². The second-order valence-electron chi connectivity index (χ2n) is 11.7. The van der Waals surface area contributed by atoms with Crippen molar-refractivity contribution in [1.82, 2.24) is 4.90 Å². The van der Waals surface area contributed by atoms with E-state index in [4.69, 9.17) is 5.73 Å². The Bertz CT molecular complexity index is 828. The zero-order chi connectivity index (χ0) is 19.4. The average Bonchev–Trinajstić information content (AvgIpc) is 3.41. The lowest BCUT2D eigenvalue weighted by atomic mass is 9.61. The van der Waals surface area contributed by atoms with Gasteiger partial charge in [0.15, 0.2) is 0 Å². The smallest absolute Gasteiger partial charge is 0.229 e. The molecule has 3 nitrogen and oxygen atoms in total. The fraction of sp³-hybridized carbons (Fsp3) is 0.720. The summed E-state index contributed by atoms with van der Waals surface area (Å²) in [5.74, 6) is 1.87. The molecule has 1 heterocycles. The van der Waals surface area contributed by atoms with Gasteiger partial charge in [-0.2, -0.15) is 0 Å². The third-order valence-corrected chi connectivity index (χ3v) is 9.91. The number of carbonyl (C=O) groups excluding carboxylic acids is 1. The highest BCUT2D eigenvalue weighted by atomic mass is 16.2. The van der Waals surface area contributed by atoms with Crippen LogP contribution in [0.2, 0.25) is 0 Å². The van der Waals surface area contributed by atoms with E-state index in [1.54, 1.807) is 0 Å².